The van der Waals surface area contributed by atoms with Gasteiger partial charge in [-0.2, -0.15) is 12.6 Å². The Hall–Kier alpha value is -0.670. The Labute approximate surface area is 129 Å². The van der Waals surface area contributed by atoms with Crippen molar-refractivity contribution in [2.45, 2.75) is 33.2 Å². The third-order valence-corrected chi connectivity index (χ3v) is 4.63. The van der Waals surface area contributed by atoms with E-state index in [0.717, 1.165) is 24.5 Å². The summed E-state index contributed by atoms with van der Waals surface area (Å²) in [5.74, 6) is 3.25. The first-order chi connectivity index (χ1) is 9.49. The molecular formula is C17H29NOS. The van der Waals surface area contributed by atoms with Gasteiger partial charge in [-0.3, -0.25) is 0 Å². The van der Waals surface area contributed by atoms with E-state index >= 15 is 0 Å². The van der Waals surface area contributed by atoms with Crippen LogP contribution in [0.15, 0.2) is 24.3 Å². The van der Waals surface area contributed by atoms with Crippen molar-refractivity contribution in [2.75, 3.05) is 26.5 Å². The highest BCUT2D eigenvalue weighted by atomic mass is 32.1. The Kier molecular flexibility index (Phi) is 7.46. The van der Waals surface area contributed by atoms with E-state index in [1.165, 1.54) is 5.56 Å². The summed E-state index contributed by atoms with van der Waals surface area (Å²) in [6.45, 7) is 7.93. The van der Waals surface area contributed by atoms with Gasteiger partial charge in [0.05, 0.1) is 7.11 Å². The standard InChI is InChI=1S/C17H29NOS/c1-13(2)16(12-20)11-18(4)14(3)10-15-8-6-7-9-17(15)19-5/h6-9,13-14,16,20H,10-12H2,1-5H3. The van der Waals surface area contributed by atoms with Crippen molar-refractivity contribution >= 4 is 12.6 Å². The van der Waals surface area contributed by atoms with E-state index in [1.807, 2.05) is 12.1 Å². The van der Waals surface area contributed by atoms with Gasteiger partial charge < -0.3 is 9.64 Å². The second-order valence-corrected chi connectivity index (χ2v) is 6.36. The molecule has 1 aromatic rings. The third kappa shape index (κ3) is 5.02. The summed E-state index contributed by atoms with van der Waals surface area (Å²) >= 11 is 4.48. The molecule has 3 heteroatoms. The number of para-hydroxylation sites is 1. The smallest absolute Gasteiger partial charge is 0.122 e. The maximum absolute atomic E-state index is 5.44. The number of methoxy groups -OCH3 is 1. The van der Waals surface area contributed by atoms with Crippen LogP contribution in [-0.4, -0.2) is 37.4 Å². The van der Waals surface area contributed by atoms with Crippen LogP contribution in [0.5, 0.6) is 5.75 Å². The second-order valence-electron chi connectivity index (χ2n) is 5.99. The summed E-state index contributed by atoms with van der Waals surface area (Å²) in [7, 11) is 3.95. The van der Waals surface area contributed by atoms with Gasteiger partial charge in [-0.25, -0.2) is 0 Å². The second kappa shape index (κ2) is 8.58. The Morgan fingerprint density at radius 1 is 1.20 bits per heavy atom. The molecule has 2 unspecified atom stereocenters. The summed E-state index contributed by atoms with van der Waals surface area (Å²) in [5, 5.41) is 0. The van der Waals surface area contributed by atoms with Gasteiger partial charge in [-0.15, -0.1) is 0 Å². The largest absolute Gasteiger partial charge is 0.496 e. The van der Waals surface area contributed by atoms with E-state index in [9.17, 15) is 0 Å². The molecule has 2 nitrogen and oxygen atoms in total. The lowest BCUT2D eigenvalue weighted by atomic mass is 9.96. The van der Waals surface area contributed by atoms with E-state index in [1.54, 1.807) is 7.11 Å². The van der Waals surface area contributed by atoms with Gasteiger partial charge in [0.1, 0.15) is 5.75 Å². The van der Waals surface area contributed by atoms with Crippen molar-refractivity contribution in [1.29, 1.82) is 0 Å². The first kappa shape index (κ1) is 17.4. The Bertz CT molecular complexity index is 394. The molecule has 0 fully saturated rings. The van der Waals surface area contributed by atoms with E-state index in [0.29, 0.717) is 17.9 Å². The predicted molar refractivity (Wildman–Crippen MR) is 91.0 cm³/mol. The molecule has 0 aliphatic carbocycles. The maximum Gasteiger partial charge on any atom is 0.122 e. The molecule has 0 aromatic heterocycles. The highest BCUT2D eigenvalue weighted by Crippen LogP contribution is 2.21. The fraction of sp³-hybridized carbons (Fsp3) is 0.647. The van der Waals surface area contributed by atoms with Gasteiger partial charge in [0.15, 0.2) is 0 Å². The van der Waals surface area contributed by atoms with Crippen molar-refractivity contribution in [3.63, 3.8) is 0 Å². The maximum atomic E-state index is 5.44. The molecular weight excluding hydrogens is 266 g/mol. The zero-order valence-electron chi connectivity index (χ0n) is 13.5. The van der Waals surface area contributed by atoms with Gasteiger partial charge in [0, 0.05) is 12.6 Å². The number of hydrogen-bond donors (Lipinski definition) is 1. The highest BCUT2D eigenvalue weighted by molar-refractivity contribution is 7.80. The van der Waals surface area contributed by atoms with Crippen molar-refractivity contribution < 1.29 is 4.74 Å². The van der Waals surface area contributed by atoms with Crippen molar-refractivity contribution in [3.05, 3.63) is 29.8 Å². The number of nitrogens with zero attached hydrogens (tertiary/aromatic N) is 1. The van der Waals surface area contributed by atoms with Crippen molar-refractivity contribution in [2.24, 2.45) is 11.8 Å². The van der Waals surface area contributed by atoms with Crippen molar-refractivity contribution in [1.82, 2.24) is 4.90 Å². The molecule has 0 amide bonds. The van der Waals surface area contributed by atoms with Gasteiger partial charge in [-0.05, 0) is 49.6 Å². The van der Waals surface area contributed by atoms with Crippen LogP contribution >= 0.6 is 12.6 Å². The number of ether oxygens (including phenoxy) is 1. The molecule has 114 valence electrons. The lowest BCUT2D eigenvalue weighted by molar-refractivity contribution is 0.201. The number of benzene rings is 1. The van der Waals surface area contributed by atoms with E-state index in [2.05, 4.69) is 57.5 Å². The number of rotatable bonds is 8. The minimum Gasteiger partial charge on any atom is -0.496 e. The molecule has 0 aliphatic rings. The summed E-state index contributed by atoms with van der Waals surface area (Å²) in [6, 6.07) is 8.78. The van der Waals surface area contributed by atoms with E-state index in [4.69, 9.17) is 4.74 Å². The summed E-state index contributed by atoms with van der Waals surface area (Å²) < 4.78 is 5.44. The normalized spacial score (nSPS) is 14.6. The number of thiol groups is 1. The number of hydrogen-bond acceptors (Lipinski definition) is 3. The average Bonchev–Trinajstić information content (AvgIpc) is 2.44. The number of likely N-dealkylation sites (N-methyl/N-ethyl adjacent to an activating group) is 1. The fourth-order valence-electron chi connectivity index (χ4n) is 2.37. The van der Waals surface area contributed by atoms with Crippen LogP contribution < -0.4 is 4.74 Å². The fourth-order valence-corrected chi connectivity index (χ4v) is 2.91. The molecule has 1 aromatic carbocycles. The van der Waals surface area contributed by atoms with Gasteiger partial charge in [-0.1, -0.05) is 32.0 Å². The molecule has 0 N–H and O–H groups in total. The average molecular weight is 295 g/mol. The lowest BCUT2D eigenvalue weighted by Crippen LogP contribution is -2.37. The quantitative estimate of drug-likeness (QED) is 0.733. The van der Waals surface area contributed by atoms with Gasteiger partial charge in [0.2, 0.25) is 0 Å². The molecule has 0 heterocycles. The molecule has 0 aliphatic heterocycles. The first-order valence-corrected chi connectivity index (χ1v) is 8.05. The minimum atomic E-state index is 0.493. The Balaban J connectivity index is 2.63. The van der Waals surface area contributed by atoms with Crippen LogP contribution in [0.3, 0.4) is 0 Å². The first-order valence-electron chi connectivity index (χ1n) is 7.42. The van der Waals surface area contributed by atoms with Crippen LogP contribution in [0.1, 0.15) is 26.3 Å². The summed E-state index contributed by atoms with van der Waals surface area (Å²) in [6.07, 6.45) is 1.01. The third-order valence-electron chi connectivity index (χ3n) is 4.16. The van der Waals surface area contributed by atoms with Crippen molar-refractivity contribution in [3.8, 4) is 5.75 Å². The van der Waals surface area contributed by atoms with Crippen LogP contribution in [0.2, 0.25) is 0 Å². The summed E-state index contributed by atoms with van der Waals surface area (Å²) in [4.78, 5) is 2.44. The molecule has 2 atom stereocenters. The molecule has 0 saturated carbocycles. The predicted octanol–water partition coefficient (Wildman–Crippen LogP) is 3.76. The molecule has 0 radical (unpaired) electrons. The topological polar surface area (TPSA) is 12.5 Å². The molecule has 0 bridgehead atoms. The van der Waals surface area contributed by atoms with E-state index < -0.39 is 0 Å². The van der Waals surface area contributed by atoms with Crippen LogP contribution in [0.25, 0.3) is 0 Å². The zero-order chi connectivity index (χ0) is 15.1. The van der Waals surface area contributed by atoms with Crippen LogP contribution in [0, 0.1) is 11.8 Å². The minimum absolute atomic E-state index is 0.493. The highest BCUT2D eigenvalue weighted by Gasteiger charge is 2.18. The Morgan fingerprint density at radius 2 is 1.85 bits per heavy atom. The molecule has 0 saturated heterocycles. The monoisotopic (exact) mass is 295 g/mol. The molecule has 1 rings (SSSR count). The van der Waals surface area contributed by atoms with Gasteiger partial charge in [0.25, 0.3) is 0 Å². The summed E-state index contributed by atoms with van der Waals surface area (Å²) in [5.41, 5.74) is 1.28. The molecule has 20 heavy (non-hydrogen) atoms. The van der Waals surface area contributed by atoms with Crippen LogP contribution in [0.4, 0.5) is 0 Å². The lowest BCUT2D eigenvalue weighted by Gasteiger charge is -2.30. The van der Waals surface area contributed by atoms with Crippen LogP contribution in [-0.2, 0) is 6.42 Å². The van der Waals surface area contributed by atoms with E-state index in [-0.39, 0.29) is 0 Å². The molecule has 0 spiro atoms. The SMILES string of the molecule is COc1ccccc1CC(C)N(C)CC(CS)C(C)C. The Morgan fingerprint density at radius 3 is 2.40 bits per heavy atom. The van der Waals surface area contributed by atoms with Gasteiger partial charge >= 0.3 is 0 Å². The zero-order valence-corrected chi connectivity index (χ0v) is 14.4.